The predicted molar refractivity (Wildman–Crippen MR) is 78.0 cm³/mol. The zero-order chi connectivity index (χ0) is 14.1. The van der Waals surface area contributed by atoms with E-state index in [9.17, 15) is 4.79 Å². The minimum absolute atomic E-state index is 0.0149. The molecule has 1 aliphatic carbocycles. The number of nitrogens with zero attached hydrogens (tertiary/aromatic N) is 2. The number of aromatic nitrogens is 2. The Labute approximate surface area is 117 Å². The molecule has 1 amide bonds. The van der Waals surface area contributed by atoms with Gasteiger partial charge in [-0.05, 0) is 37.5 Å². The minimum Gasteiger partial charge on any atom is -0.399 e. The fourth-order valence-electron chi connectivity index (χ4n) is 2.07. The lowest BCUT2D eigenvalue weighted by atomic mass is 10.1. The number of carbonyl (C=O) groups excluding carboxylic acids is 1. The Morgan fingerprint density at radius 1 is 1.40 bits per heavy atom. The monoisotopic (exact) mass is 268 g/mol. The van der Waals surface area contributed by atoms with Crippen molar-refractivity contribution in [2.75, 3.05) is 11.1 Å². The van der Waals surface area contributed by atoms with E-state index in [0.29, 0.717) is 11.6 Å². The molecule has 102 valence electrons. The summed E-state index contributed by atoms with van der Waals surface area (Å²) in [5.41, 5.74) is 9.20. The molecule has 1 fully saturated rings. The largest absolute Gasteiger partial charge is 0.399 e. The highest BCUT2D eigenvalue weighted by atomic mass is 16.2. The van der Waals surface area contributed by atoms with Crippen molar-refractivity contribution in [1.29, 1.82) is 0 Å². The van der Waals surface area contributed by atoms with Gasteiger partial charge in [0.25, 0.3) is 0 Å². The molecule has 1 saturated carbocycles. The van der Waals surface area contributed by atoms with Crippen LogP contribution >= 0.6 is 0 Å². The van der Waals surface area contributed by atoms with Gasteiger partial charge in [0.15, 0.2) is 0 Å². The number of anilines is 2. The van der Waals surface area contributed by atoms with Gasteiger partial charge in [0.05, 0.1) is 5.69 Å². The van der Waals surface area contributed by atoms with Crippen molar-refractivity contribution in [3.63, 3.8) is 0 Å². The van der Waals surface area contributed by atoms with Crippen molar-refractivity contribution in [2.45, 2.75) is 19.8 Å². The van der Waals surface area contributed by atoms with E-state index in [1.54, 1.807) is 6.20 Å². The topological polar surface area (TPSA) is 80.9 Å². The maximum Gasteiger partial charge on any atom is 0.229 e. The number of aryl methyl sites for hydroxylation is 1. The number of hydrogen-bond donors (Lipinski definition) is 2. The van der Waals surface area contributed by atoms with E-state index < -0.39 is 0 Å². The van der Waals surface area contributed by atoms with Crippen LogP contribution in [0.1, 0.15) is 18.5 Å². The number of nitrogens with two attached hydrogens (primary N) is 1. The highest BCUT2D eigenvalue weighted by Crippen LogP contribution is 2.30. The summed E-state index contributed by atoms with van der Waals surface area (Å²) in [7, 11) is 0. The Bertz CT molecular complexity index is 665. The van der Waals surface area contributed by atoms with Crippen LogP contribution in [0.25, 0.3) is 11.1 Å². The van der Waals surface area contributed by atoms with Crippen LogP contribution in [-0.2, 0) is 4.79 Å². The minimum atomic E-state index is 0.0149. The SMILES string of the molecule is Cc1nc(NC(=O)C2CC2)ncc1-c1cccc(N)c1. The molecule has 0 radical (unpaired) electrons. The summed E-state index contributed by atoms with van der Waals surface area (Å²) in [5.74, 6) is 0.528. The van der Waals surface area contributed by atoms with Crippen molar-refractivity contribution in [2.24, 2.45) is 5.92 Å². The molecule has 20 heavy (non-hydrogen) atoms. The van der Waals surface area contributed by atoms with Crippen molar-refractivity contribution in [1.82, 2.24) is 9.97 Å². The van der Waals surface area contributed by atoms with E-state index in [1.165, 1.54) is 0 Å². The molecule has 3 rings (SSSR count). The van der Waals surface area contributed by atoms with Gasteiger partial charge in [-0.15, -0.1) is 0 Å². The van der Waals surface area contributed by atoms with Crippen LogP contribution in [0, 0.1) is 12.8 Å². The lowest BCUT2D eigenvalue weighted by Crippen LogP contribution is -2.15. The molecule has 0 bridgehead atoms. The summed E-state index contributed by atoms with van der Waals surface area (Å²) in [4.78, 5) is 20.2. The van der Waals surface area contributed by atoms with Crippen LogP contribution in [0.3, 0.4) is 0 Å². The number of nitrogen functional groups attached to an aromatic ring is 1. The molecule has 2 aromatic rings. The van der Waals surface area contributed by atoms with E-state index in [0.717, 1.165) is 29.7 Å². The van der Waals surface area contributed by atoms with Crippen LogP contribution in [0.5, 0.6) is 0 Å². The Kier molecular flexibility index (Phi) is 3.10. The third-order valence-corrected chi connectivity index (χ3v) is 3.36. The zero-order valence-electron chi connectivity index (χ0n) is 11.3. The van der Waals surface area contributed by atoms with Crippen LogP contribution in [0.4, 0.5) is 11.6 Å². The molecule has 0 spiro atoms. The maximum absolute atomic E-state index is 11.7. The summed E-state index contributed by atoms with van der Waals surface area (Å²) in [5, 5.41) is 2.75. The first-order chi connectivity index (χ1) is 9.63. The Morgan fingerprint density at radius 3 is 2.85 bits per heavy atom. The van der Waals surface area contributed by atoms with Gasteiger partial charge in [-0.25, -0.2) is 9.97 Å². The standard InChI is InChI=1S/C15H16N4O/c1-9-13(11-3-2-4-12(16)7-11)8-17-15(18-9)19-14(20)10-5-6-10/h2-4,7-8,10H,5-6,16H2,1H3,(H,17,18,19,20). The Hall–Kier alpha value is -2.43. The molecule has 1 aromatic heterocycles. The third kappa shape index (κ3) is 2.61. The molecule has 3 N–H and O–H groups in total. The normalized spacial score (nSPS) is 14.1. The van der Waals surface area contributed by atoms with E-state index in [1.807, 2.05) is 31.2 Å². The van der Waals surface area contributed by atoms with Crippen molar-refractivity contribution >= 4 is 17.5 Å². The van der Waals surface area contributed by atoms with Crippen molar-refractivity contribution in [3.8, 4) is 11.1 Å². The van der Waals surface area contributed by atoms with Gasteiger partial charge >= 0.3 is 0 Å². The van der Waals surface area contributed by atoms with Gasteiger partial charge in [0.1, 0.15) is 0 Å². The van der Waals surface area contributed by atoms with E-state index in [4.69, 9.17) is 5.73 Å². The Balaban J connectivity index is 1.85. The van der Waals surface area contributed by atoms with Gasteiger partial charge in [-0.2, -0.15) is 0 Å². The molecule has 0 saturated heterocycles. The molecular formula is C15H16N4O. The highest BCUT2D eigenvalue weighted by molar-refractivity contribution is 5.92. The average molecular weight is 268 g/mol. The van der Waals surface area contributed by atoms with Crippen molar-refractivity contribution < 1.29 is 4.79 Å². The van der Waals surface area contributed by atoms with Gasteiger partial charge in [0.2, 0.25) is 11.9 Å². The van der Waals surface area contributed by atoms with Crippen LogP contribution in [-0.4, -0.2) is 15.9 Å². The Morgan fingerprint density at radius 2 is 2.20 bits per heavy atom. The smallest absolute Gasteiger partial charge is 0.229 e. The third-order valence-electron chi connectivity index (χ3n) is 3.36. The van der Waals surface area contributed by atoms with E-state index >= 15 is 0 Å². The molecule has 1 heterocycles. The number of hydrogen-bond acceptors (Lipinski definition) is 4. The number of carbonyl (C=O) groups is 1. The number of benzene rings is 1. The molecule has 1 aromatic carbocycles. The number of amides is 1. The first-order valence-electron chi connectivity index (χ1n) is 6.64. The van der Waals surface area contributed by atoms with Crippen LogP contribution in [0.2, 0.25) is 0 Å². The molecule has 0 unspecified atom stereocenters. The lowest BCUT2D eigenvalue weighted by molar-refractivity contribution is -0.117. The predicted octanol–water partition coefficient (Wildman–Crippen LogP) is 2.38. The van der Waals surface area contributed by atoms with Gasteiger partial charge in [-0.3, -0.25) is 10.1 Å². The fourth-order valence-corrected chi connectivity index (χ4v) is 2.07. The number of rotatable bonds is 3. The number of nitrogens with one attached hydrogen (secondary N) is 1. The first kappa shape index (κ1) is 12.6. The highest BCUT2D eigenvalue weighted by Gasteiger charge is 2.30. The summed E-state index contributed by atoms with van der Waals surface area (Å²) in [6, 6.07) is 7.58. The quantitative estimate of drug-likeness (QED) is 0.837. The van der Waals surface area contributed by atoms with Gasteiger partial charge in [0, 0.05) is 23.4 Å². The summed E-state index contributed by atoms with van der Waals surface area (Å²) in [6.45, 7) is 1.90. The van der Waals surface area contributed by atoms with E-state index in [-0.39, 0.29) is 11.8 Å². The molecule has 0 aliphatic heterocycles. The van der Waals surface area contributed by atoms with Crippen molar-refractivity contribution in [3.05, 3.63) is 36.2 Å². The van der Waals surface area contributed by atoms with E-state index in [2.05, 4.69) is 15.3 Å². The first-order valence-corrected chi connectivity index (χ1v) is 6.64. The second-order valence-electron chi connectivity index (χ2n) is 5.08. The molecule has 1 aliphatic rings. The molecular weight excluding hydrogens is 252 g/mol. The maximum atomic E-state index is 11.7. The molecule has 5 nitrogen and oxygen atoms in total. The molecule has 5 heteroatoms. The van der Waals surface area contributed by atoms with Crippen LogP contribution < -0.4 is 11.1 Å². The summed E-state index contributed by atoms with van der Waals surface area (Å²) in [6.07, 6.45) is 3.65. The van der Waals surface area contributed by atoms with Gasteiger partial charge < -0.3 is 5.73 Å². The zero-order valence-corrected chi connectivity index (χ0v) is 11.3. The van der Waals surface area contributed by atoms with Gasteiger partial charge in [-0.1, -0.05) is 12.1 Å². The second-order valence-corrected chi connectivity index (χ2v) is 5.08. The fraction of sp³-hybridized carbons (Fsp3) is 0.267. The average Bonchev–Trinajstić information content (AvgIpc) is 3.23. The summed E-state index contributed by atoms with van der Waals surface area (Å²) < 4.78 is 0. The second kappa shape index (κ2) is 4.92. The lowest BCUT2D eigenvalue weighted by Gasteiger charge is -2.08. The molecule has 0 atom stereocenters. The summed E-state index contributed by atoms with van der Waals surface area (Å²) >= 11 is 0. The van der Waals surface area contributed by atoms with Crippen LogP contribution in [0.15, 0.2) is 30.5 Å².